The van der Waals surface area contributed by atoms with E-state index in [4.69, 9.17) is 14.3 Å². The van der Waals surface area contributed by atoms with Crippen molar-refractivity contribution in [3.63, 3.8) is 0 Å². The predicted octanol–water partition coefficient (Wildman–Crippen LogP) is 4.71. The van der Waals surface area contributed by atoms with Crippen LogP contribution >= 0.6 is 15.9 Å². The second-order valence-corrected chi connectivity index (χ2v) is 6.94. The van der Waals surface area contributed by atoms with Crippen LogP contribution in [0.25, 0.3) is 16.5 Å². The molecule has 146 valence electrons. The summed E-state index contributed by atoms with van der Waals surface area (Å²) in [5.74, 6) is 0.237. The minimum atomic E-state index is -0.849. The monoisotopic (exact) mass is 437 g/mol. The Kier molecular flexibility index (Phi) is 7.47. The minimum Gasteiger partial charge on any atom is -0.490 e. The van der Waals surface area contributed by atoms with Crippen molar-refractivity contribution in [2.75, 3.05) is 19.7 Å². The van der Waals surface area contributed by atoms with Crippen molar-refractivity contribution in [2.24, 2.45) is 0 Å². The minimum absolute atomic E-state index is 0.0536. The van der Waals surface area contributed by atoms with E-state index < -0.39 is 5.97 Å². The molecule has 0 spiro atoms. The first-order valence-electron chi connectivity index (χ1n) is 8.91. The third kappa shape index (κ3) is 5.35. The molecule has 0 radical (unpaired) electrons. The highest BCUT2D eigenvalue weighted by Crippen LogP contribution is 2.36. The van der Waals surface area contributed by atoms with E-state index in [9.17, 15) is 9.59 Å². The van der Waals surface area contributed by atoms with Gasteiger partial charge in [0.25, 0.3) is 0 Å². The quantitative estimate of drug-likeness (QED) is 0.453. The van der Waals surface area contributed by atoms with Crippen molar-refractivity contribution in [2.45, 2.75) is 33.6 Å². The van der Waals surface area contributed by atoms with E-state index in [1.54, 1.807) is 17.0 Å². The van der Waals surface area contributed by atoms with Gasteiger partial charge in [-0.05, 0) is 51.0 Å². The molecule has 2 rings (SSSR count). The maximum absolute atomic E-state index is 12.3. The molecule has 0 bridgehead atoms. The highest BCUT2D eigenvalue weighted by molar-refractivity contribution is 9.10. The molecule has 1 heterocycles. The Hall–Kier alpha value is -2.28. The molecule has 0 fully saturated rings. The molecule has 0 aliphatic carbocycles. The normalized spacial score (nSPS) is 11.6. The van der Waals surface area contributed by atoms with Crippen LogP contribution in [0.2, 0.25) is 0 Å². The summed E-state index contributed by atoms with van der Waals surface area (Å²) in [5.41, 5.74) is 1.30. The number of carboxylic acids is 1. The number of carbonyl (C=O) groups excluding carboxylic acids is 1. The summed E-state index contributed by atoms with van der Waals surface area (Å²) in [6.45, 7) is 7.31. The number of hydrogen-bond donors (Lipinski definition) is 1. The third-order valence-electron chi connectivity index (χ3n) is 4.19. The number of benzene rings is 1. The van der Waals surface area contributed by atoms with Gasteiger partial charge in [-0.3, -0.25) is 9.59 Å². The van der Waals surface area contributed by atoms with Gasteiger partial charge in [-0.1, -0.05) is 15.9 Å². The summed E-state index contributed by atoms with van der Waals surface area (Å²) >= 11 is 3.50. The number of carboxylic acid groups (broad SMARTS) is 1. The van der Waals surface area contributed by atoms with E-state index in [2.05, 4.69) is 15.9 Å². The van der Waals surface area contributed by atoms with Gasteiger partial charge >= 0.3 is 5.97 Å². The molecule has 1 aromatic heterocycles. The van der Waals surface area contributed by atoms with E-state index in [1.165, 1.54) is 0 Å². The fraction of sp³-hybridized carbons (Fsp3) is 0.400. The highest BCUT2D eigenvalue weighted by Gasteiger charge is 2.15. The molecule has 2 aromatic rings. The zero-order valence-electron chi connectivity index (χ0n) is 15.8. The summed E-state index contributed by atoms with van der Waals surface area (Å²) in [7, 11) is 0. The van der Waals surface area contributed by atoms with Crippen molar-refractivity contribution in [1.82, 2.24) is 4.90 Å². The van der Waals surface area contributed by atoms with Gasteiger partial charge in [0.15, 0.2) is 11.3 Å². The fourth-order valence-electron chi connectivity index (χ4n) is 2.66. The lowest BCUT2D eigenvalue weighted by molar-refractivity contribution is -0.137. The molecule has 0 aliphatic heterocycles. The van der Waals surface area contributed by atoms with Crippen LogP contribution in [-0.4, -0.2) is 41.6 Å². The Morgan fingerprint density at radius 2 is 2.00 bits per heavy atom. The number of amides is 1. The van der Waals surface area contributed by atoms with E-state index in [0.717, 1.165) is 15.4 Å². The van der Waals surface area contributed by atoms with Crippen molar-refractivity contribution in [3.8, 4) is 5.75 Å². The van der Waals surface area contributed by atoms with Gasteiger partial charge < -0.3 is 19.2 Å². The van der Waals surface area contributed by atoms with Crippen LogP contribution in [0.1, 0.15) is 39.4 Å². The van der Waals surface area contributed by atoms with Crippen LogP contribution in [0.5, 0.6) is 5.75 Å². The van der Waals surface area contributed by atoms with Gasteiger partial charge in [0, 0.05) is 35.4 Å². The number of allylic oxidation sites excluding steroid dienone is 1. The molecule has 1 amide bonds. The summed E-state index contributed by atoms with van der Waals surface area (Å²) in [5, 5.41) is 9.55. The van der Waals surface area contributed by atoms with E-state index in [0.29, 0.717) is 36.6 Å². The Labute approximate surface area is 166 Å². The lowest BCUT2D eigenvalue weighted by Gasteiger charge is -2.16. The Bertz CT molecular complexity index is 851. The zero-order chi connectivity index (χ0) is 20.0. The van der Waals surface area contributed by atoms with Crippen molar-refractivity contribution >= 4 is 44.3 Å². The molecule has 0 aliphatic rings. The maximum atomic E-state index is 12.3. The average molecular weight is 438 g/mol. The second kappa shape index (κ2) is 9.60. The number of rotatable bonds is 9. The number of ether oxygens (including phenoxy) is 1. The largest absolute Gasteiger partial charge is 0.490 e. The van der Waals surface area contributed by atoms with E-state index in [-0.39, 0.29) is 18.9 Å². The Morgan fingerprint density at radius 3 is 2.63 bits per heavy atom. The molecule has 1 N–H and O–H groups in total. The first-order chi connectivity index (χ1) is 12.9. The molecular weight excluding hydrogens is 414 g/mol. The van der Waals surface area contributed by atoms with Gasteiger partial charge in [-0.15, -0.1) is 0 Å². The smallest absolute Gasteiger partial charge is 0.303 e. The van der Waals surface area contributed by atoms with Crippen LogP contribution in [0.4, 0.5) is 0 Å². The SMILES string of the molecule is CCN(CC)C(=O)C=C(C)c1cc2c(Br)ccc(OCCCC(=O)O)c2o1. The number of halogens is 1. The highest BCUT2D eigenvalue weighted by atomic mass is 79.9. The molecule has 0 saturated carbocycles. The number of fused-ring (bicyclic) bond motifs is 1. The van der Waals surface area contributed by atoms with Gasteiger partial charge in [0.1, 0.15) is 5.76 Å². The van der Waals surface area contributed by atoms with Crippen molar-refractivity contribution in [3.05, 3.63) is 34.5 Å². The molecule has 0 unspecified atom stereocenters. The maximum Gasteiger partial charge on any atom is 0.303 e. The van der Waals surface area contributed by atoms with Gasteiger partial charge in [-0.2, -0.15) is 0 Å². The van der Waals surface area contributed by atoms with Crippen LogP contribution in [-0.2, 0) is 9.59 Å². The molecule has 7 heteroatoms. The Balaban J connectivity index is 2.27. The summed E-state index contributed by atoms with van der Waals surface area (Å²) in [4.78, 5) is 24.6. The topological polar surface area (TPSA) is 80.0 Å². The van der Waals surface area contributed by atoms with Gasteiger partial charge in [-0.25, -0.2) is 0 Å². The van der Waals surface area contributed by atoms with E-state index in [1.807, 2.05) is 32.9 Å². The number of furan rings is 1. The number of hydrogen-bond acceptors (Lipinski definition) is 4. The molecule has 0 atom stereocenters. The lowest BCUT2D eigenvalue weighted by Crippen LogP contribution is -2.28. The predicted molar refractivity (Wildman–Crippen MR) is 108 cm³/mol. The van der Waals surface area contributed by atoms with Gasteiger partial charge in [0.2, 0.25) is 5.91 Å². The zero-order valence-corrected chi connectivity index (χ0v) is 17.3. The summed E-state index contributed by atoms with van der Waals surface area (Å²) < 4.78 is 12.5. The number of likely N-dealkylation sites (N-methyl/N-ethyl adjacent to an activating group) is 1. The third-order valence-corrected chi connectivity index (χ3v) is 4.88. The molecule has 0 saturated heterocycles. The first kappa shape index (κ1) is 21.0. The lowest BCUT2D eigenvalue weighted by atomic mass is 10.2. The number of nitrogens with zero attached hydrogens (tertiary/aromatic N) is 1. The van der Waals surface area contributed by atoms with Gasteiger partial charge in [0.05, 0.1) is 6.61 Å². The number of carbonyl (C=O) groups is 2. The van der Waals surface area contributed by atoms with Crippen LogP contribution in [0, 0.1) is 0 Å². The number of aliphatic carboxylic acids is 1. The average Bonchev–Trinajstić information content (AvgIpc) is 3.08. The molecule has 27 heavy (non-hydrogen) atoms. The molecule has 1 aromatic carbocycles. The van der Waals surface area contributed by atoms with Crippen LogP contribution < -0.4 is 4.74 Å². The van der Waals surface area contributed by atoms with Crippen LogP contribution in [0.15, 0.2) is 33.2 Å². The van der Waals surface area contributed by atoms with Crippen molar-refractivity contribution in [1.29, 1.82) is 0 Å². The fourth-order valence-corrected chi connectivity index (χ4v) is 3.09. The van der Waals surface area contributed by atoms with E-state index >= 15 is 0 Å². The summed E-state index contributed by atoms with van der Waals surface area (Å²) in [6.07, 6.45) is 2.04. The summed E-state index contributed by atoms with van der Waals surface area (Å²) in [6, 6.07) is 5.50. The molecule has 6 nitrogen and oxygen atoms in total. The van der Waals surface area contributed by atoms with Crippen LogP contribution in [0.3, 0.4) is 0 Å². The molecular formula is C20H24BrNO5. The first-order valence-corrected chi connectivity index (χ1v) is 9.70. The van der Waals surface area contributed by atoms with Crippen molar-refractivity contribution < 1.29 is 23.8 Å². The Morgan fingerprint density at radius 1 is 1.30 bits per heavy atom. The standard InChI is InChI=1S/C20H24BrNO5/c1-4-22(5-2)18(23)11-13(3)17-12-14-15(21)8-9-16(20(14)27-17)26-10-6-7-19(24)25/h8-9,11-12H,4-7,10H2,1-3H3,(H,24,25). The second-order valence-electron chi connectivity index (χ2n) is 6.08.